The monoisotopic (exact) mass is 452 g/mol. The molecule has 6 nitrogen and oxygen atoms in total. The summed E-state index contributed by atoms with van der Waals surface area (Å²) >= 11 is 0. The van der Waals surface area contributed by atoms with Crippen molar-refractivity contribution >= 4 is 5.91 Å². The number of piperidine rings is 2. The van der Waals surface area contributed by atoms with Crippen molar-refractivity contribution in [1.29, 1.82) is 0 Å². The minimum Gasteiger partial charge on any atom is -0.441 e. The minimum absolute atomic E-state index is 0.140. The fraction of sp³-hybridized carbons (Fsp3) is 0.630. The summed E-state index contributed by atoms with van der Waals surface area (Å²) in [4.78, 5) is 22.4. The smallest absolute Gasteiger partial charge is 0.226 e. The van der Waals surface area contributed by atoms with Gasteiger partial charge in [-0.15, -0.1) is 0 Å². The van der Waals surface area contributed by atoms with Gasteiger partial charge in [-0.25, -0.2) is 4.98 Å². The first kappa shape index (κ1) is 24.0. The maximum Gasteiger partial charge on any atom is 0.226 e. The molecule has 33 heavy (non-hydrogen) atoms. The number of benzene rings is 1. The highest BCUT2D eigenvalue weighted by Crippen LogP contribution is 2.27. The summed E-state index contributed by atoms with van der Waals surface area (Å²) in [6, 6.07) is 8.33. The Labute approximate surface area is 198 Å². The van der Waals surface area contributed by atoms with Gasteiger partial charge in [0.2, 0.25) is 11.8 Å². The first-order chi connectivity index (χ1) is 16.1. The first-order valence-corrected chi connectivity index (χ1v) is 12.9. The number of likely N-dealkylation sites (tertiary alicyclic amines) is 2. The number of aromatic nitrogens is 1. The Hall–Kier alpha value is -2.18. The molecule has 1 aromatic carbocycles. The molecule has 2 aliphatic rings. The zero-order valence-corrected chi connectivity index (χ0v) is 20.4. The van der Waals surface area contributed by atoms with Crippen LogP contribution in [0.2, 0.25) is 0 Å². The summed E-state index contributed by atoms with van der Waals surface area (Å²) in [5.41, 5.74) is 3.36. The molecule has 6 heteroatoms. The zero-order valence-electron chi connectivity index (χ0n) is 20.4. The average Bonchev–Trinajstić information content (AvgIpc) is 3.22. The molecule has 180 valence electrons. The lowest BCUT2D eigenvalue weighted by Crippen LogP contribution is -2.41. The average molecular weight is 453 g/mol. The van der Waals surface area contributed by atoms with E-state index in [1.807, 2.05) is 13.0 Å². The predicted molar refractivity (Wildman–Crippen MR) is 132 cm³/mol. The maximum atomic E-state index is 12.6. The van der Waals surface area contributed by atoms with Crippen molar-refractivity contribution in [3.63, 3.8) is 0 Å². The zero-order chi connectivity index (χ0) is 23.0. The molecule has 1 amide bonds. The lowest BCUT2D eigenvalue weighted by Gasteiger charge is -2.31. The third-order valence-corrected chi connectivity index (χ3v) is 7.25. The van der Waals surface area contributed by atoms with Crippen LogP contribution in [-0.2, 0) is 17.8 Å². The molecular weight excluding hydrogens is 412 g/mol. The van der Waals surface area contributed by atoms with Crippen LogP contribution in [0.3, 0.4) is 0 Å². The minimum atomic E-state index is 0.140. The van der Waals surface area contributed by atoms with E-state index in [9.17, 15) is 4.79 Å². The van der Waals surface area contributed by atoms with Crippen molar-refractivity contribution in [2.45, 2.75) is 65.3 Å². The van der Waals surface area contributed by atoms with E-state index < -0.39 is 0 Å². The van der Waals surface area contributed by atoms with E-state index in [-0.39, 0.29) is 11.8 Å². The van der Waals surface area contributed by atoms with E-state index in [1.54, 1.807) is 0 Å². The SMILES string of the molecule is CCc1ccccc1-c1nc(CN2CCC(C(=O)NCCCN3CCCCC3)CC2)c(C)o1. The lowest BCUT2D eigenvalue weighted by atomic mass is 9.95. The molecule has 1 aromatic heterocycles. The van der Waals surface area contributed by atoms with Crippen molar-refractivity contribution in [1.82, 2.24) is 20.1 Å². The van der Waals surface area contributed by atoms with E-state index in [0.29, 0.717) is 0 Å². The molecule has 4 rings (SSSR count). The molecule has 0 spiro atoms. The third-order valence-electron chi connectivity index (χ3n) is 7.25. The quantitative estimate of drug-likeness (QED) is 0.571. The van der Waals surface area contributed by atoms with Crippen LogP contribution in [0.1, 0.15) is 62.5 Å². The lowest BCUT2D eigenvalue weighted by molar-refractivity contribution is -0.126. The van der Waals surface area contributed by atoms with Gasteiger partial charge in [-0.2, -0.15) is 0 Å². The topological polar surface area (TPSA) is 61.6 Å². The third kappa shape index (κ3) is 6.45. The number of amides is 1. The molecule has 0 unspecified atom stereocenters. The van der Waals surface area contributed by atoms with E-state index in [0.717, 1.165) is 81.3 Å². The van der Waals surface area contributed by atoms with Crippen molar-refractivity contribution in [3.8, 4) is 11.5 Å². The number of hydrogen-bond acceptors (Lipinski definition) is 5. The van der Waals surface area contributed by atoms with Gasteiger partial charge < -0.3 is 14.6 Å². The summed E-state index contributed by atoms with van der Waals surface area (Å²) in [7, 11) is 0. The van der Waals surface area contributed by atoms with Crippen LogP contribution in [-0.4, -0.2) is 60.0 Å². The van der Waals surface area contributed by atoms with Crippen LogP contribution in [0.15, 0.2) is 28.7 Å². The molecule has 0 bridgehead atoms. The highest BCUT2D eigenvalue weighted by molar-refractivity contribution is 5.78. The highest BCUT2D eigenvalue weighted by atomic mass is 16.4. The molecule has 2 aliphatic heterocycles. The van der Waals surface area contributed by atoms with Gasteiger partial charge in [-0.1, -0.05) is 31.5 Å². The van der Waals surface area contributed by atoms with Crippen molar-refractivity contribution in [2.24, 2.45) is 5.92 Å². The van der Waals surface area contributed by atoms with Gasteiger partial charge in [-0.05, 0) is 89.8 Å². The molecule has 0 atom stereocenters. The first-order valence-electron chi connectivity index (χ1n) is 12.9. The van der Waals surface area contributed by atoms with Crippen LogP contribution >= 0.6 is 0 Å². The highest BCUT2D eigenvalue weighted by Gasteiger charge is 2.26. The summed E-state index contributed by atoms with van der Waals surface area (Å²) in [5.74, 6) is 1.99. The van der Waals surface area contributed by atoms with Gasteiger partial charge in [-0.3, -0.25) is 9.69 Å². The number of carbonyl (C=O) groups excluding carboxylic acids is 1. The molecule has 1 N–H and O–H groups in total. The van der Waals surface area contributed by atoms with Crippen molar-refractivity contribution < 1.29 is 9.21 Å². The van der Waals surface area contributed by atoms with Gasteiger partial charge in [0, 0.05) is 24.6 Å². The number of nitrogens with one attached hydrogen (secondary N) is 1. The Morgan fingerprint density at radius 3 is 2.61 bits per heavy atom. The van der Waals surface area contributed by atoms with Crippen LogP contribution in [0.5, 0.6) is 0 Å². The van der Waals surface area contributed by atoms with Gasteiger partial charge in [0.05, 0.1) is 5.69 Å². The number of carbonyl (C=O) groups is 1. The van der Waals surface area contributed by atoms with E-state index >= 15 is 0 Å². The fourth-order valence-corrected chi connectivity index (χ4v) is 5.13. The van der Waals surface area contributed by atoms with Crippen molar-refractivity contribution in [2.75, 3.05) is 39.3 Å². The largest absolute Gasteiger partial charge is 0.441 e. The van der Waals surface area contributed by atoms with Crippen LogP contribution in [0, 0.1) is 12.8 Å². The molecular formula is C27H40N4O2. The Morgan fingerprint density at radius 2 is 1.85 bits per heavy atom. The number of hydrogen-bond donors (Lipinski definition) is 1. The summed E-state index contributed by atoms with van der Waals surface area (Å²) in [6.45, 7) is 11.2. The number of aryl methyl sites for hydroxylation is 2. The van der Waals surface area contributed by atoms with E-state index in [4.69, 9.17) is 9.40 Å². The Balaban J connectivity index is 1.21. The summed E-state index contributed by atoms with van der Waals surface area (Å²) < 4.78 is 6.04. The Bertz CT molecular complexity index is 895. The Morgan fingerprint density at radius 1 is 1.09 bits per heavy atom. The molecule has 2 fully saturated rings. The Kier molecular flexibility index (Phi) is 8.57. The molecule has 0 aliphatic carbocycles. The molecule has 2 aromatic rings. The second-order valence-corrected chi connectivity index (χ2v) is 9.63. The summed E-state index contributed by atoms with van der Waals surface area (Å²) in [6.07, 6.45) is 7.87. The maximum absolute atomic E-state index is 12.6. The van der Waals surface area contributed by atoms with E-state index in [2.05, 4.69) is 40.2 Å². The van der Waals surface area contributed by atoms with Crippen LogP contribution in [0.25, 0.3) is 11.5 Å². The van der Waals surface area contributed by atoms with Crippen molar-refractivity contribution in [3.05, 3.63) is 41.3 Å². The molecule has 0 saturated carbocycles. The van der Waals surface area contributed by atoms with Crippen LogP contribution in [0.4, 0.5) is 0 Å². The van der Waals surface area contributed by atoms with E-state index in [1.165, 1.54) is 37.9 Å². The van der Waals surface area contributed by atoms with Gasteiger partial charge in [0.25, 0.3) is 0 Å². The number of nitrogens with zero attached hydrogens (tertiary/aromatic N) is 3. The normalized spacial score (nSPS) is 18.5. The van der Waals surface area contributed by atoms with Gasteiger partial charge >= 0.3 is 0 Å². The number of oxazole rings is 1. The van der Waals surface area contributed by atoms with Crippen LogP contribution < -0.4 is 5.32 Å². The van der Waals surface area contributed by atoms with Gasteiger partial charge in [0.1, 0.15) is 5.76 Å². The predicted octanol–water partition coefficient (Wildman–Crippen LogP) is 4.42. The number of rotatable bonds is 9. The second kappa shape index (κ2) is 11.8. The molecule has 2 saturated heterocycles. The van der Waals surface area contributed by atoms with Gasteiger partial charge in [0.15, 0.2) is 0 Å². The fourth-order valence-electron chi connectivity index (χ4n) is 5.13. The summed E-state index contributed by atoms with van der Waals surface area (Å²) in [5, 5.41) is 3.19. The molecule has 0 radical (unpaired) electrons. The molecule has 3 heterocycles. The second-order valence-electron chi connectivity index (χ2n) is 9.63. The standard InChI is InChI=1S/C27H40N4O2/c1-3-22-10-5-6-11-24(22)27-29-25(21(2)33-27)20-31-18-12-23(13-19-31)26(32)28-14-9-17-30-15-7-4-8-16-30/h5-6,10-11,23H,3-4,7-9,12-20H2,1-2H3,(H,28,32).